The molecule has 0 saturated heterocycles. The van der Waals surface area contributed by atoms with Gasteiger partial charge in [0.15, 0.2) is 5.78 Å². The first-order chi connectivity index (χ1) is 10.5. The van der Waals surface area contributed by atoms with Crippen LogP contribution in [0.5, 0.6) is 5.75 Å². The summed E-state index contributed by atoms with van der Waals surface area (Å²) in [5.41, 5.74) is 0.629. The van der Waals surface area contributed by atoms with E-state index < -0.39 is 17.4 Å². The molecule has 0 heterocycles. The summed E-state index contributed by atoms with van der Waals surface area (Å²) in [6.07, 6.45) is 2.92. The van der Waals surface area contributed by atoms with E-state index in [1.807, 2.05) is 13.8 Å². The first kappa shape index (κ1) is 15.9. The molecule has 2 aromatic rings. The number of benzene rings is 2. The summed E-state index contributed by atoms with van der Waals surface area (Å²) in [4.78, 5) is 11.9. The molecule has 2 nitrogen and oxygen atoms in total. The van der Waals surface area contributed by atoms with Crippen LogP contribution in [0.2, 0.25) is 0 Å². The minimum absolute atomic E-state index is 0.0874. The molecule has 0 saturated carbocycles. The summed E-state index contributed by atoms with van der Waals surface area (Å²) < 4.78 is 31.8. The van der Waals surface area contributed by atoms with E-state index in [1.165, 1.54) is 6.08 Å². The lowest BCUT2D eigenvalue weighted by Gasteiger charge is -2.09. The van der Waals surface area contributed by atoms with E-state index in [-0.39, 0.29) is 11.7 Å². The second-order valence-electron chi connectivity index (χ2n) is 5.06. The molecule has 0 spiro atoms. The van der Waals surface area contributed by atoms with E-state index >= 15 is 0 Å². The maximum absolute atomic E-state index is 13.5. The van der Waals surface area contributed by atoms with Crippen molar-refractivity contribution >= 4 is 11.9 Å². The van der Waals surface area contributed by atoms with E-state index in [9.17, 15) is 13.6 Å². The van der Waals surface area contributed by atoms with Crippen LogP contribution >= 0.6 is 0 Å². The van der Waals surface area contributed by atoms with Gasteiger partial charge in [0.05, 0.1) is 11.7 Å². The van der Waals surface area contributed by atoms with Crippen LogP contribution in [-0.4, -0.2) is 11.9 Å². The van der Waals surface area contributed by atoms with E-state index in [0.717, 1.165) is 23.4 Å². The minimum Gasteiger partial charge on any atom is -0.491 e. The molecular formula is C18H16F2O2. The lowest BCUT2D eigenvalue weighted by Crippen LogP contribution is -2.05. The van der Waals surface area contributed by atoms with Gasteiger partial charge >= 0.3 is 0 Å². The van der Waals surface area contributed by atoms with Crippen LogP contribution < -0.4 is 4.74 Å². The van der Waals surface area contributed by atoms with E-state index in [2.05, 4.69) is 0 Å². The number of ether oxygens (including phenoxy) is 1. The zero-order valence-corrected chi connectivity index (χ0v) is 12.3. The Morgan fingerprint density at radius 3 is 2.36 bits per heavy atom. The van der Waals surface area contributed by atoms with Gasteiger partial charge in [-0.1, -0.05) is 18.2 Å². The summed E-state index contributed by atoms with van der Waals surface area (Å²) in [7, 11) is 0. The Balaban J connectivity index is 2.09. The lowest BCUT2D eigenvalue weighted by atomic mass is 10.1. The largest absolute Gasteiger partial charge is 0.491 e. The Morgan fingerprint density at radius 1 is 1.09 bits per heavy atom. The van der Waals surface area contributed by atoms with Crippen LogP contribution in [0, 0.1) is 11.6 Å². The molecule has 0 atom stereocenters. The second-order valence-corrected chi connectivity index (χ2v) is 5.06. The van der Waals surface area contributed by atoms with Gasteiger partial charge in [-0.3, -0.25) is 4.79 Å². The smallest absolute Gasteiger partial charge is 0.188 e. The van der Waals surface area contributed by atoms with Crippen molar-refractivity contribution in [2.75, 3.05) is 0 Å². The molecule has 0 amide bonds. The molecule has 0 aromatic heterocycles. The first-order valence-electron chi connectivity index (χ1n) is 6.90. The molecule has 0 bridgehead atoms. The van der Waals surface area contributed by atoms with Crippen molar-refractivity contribution in [1.29, 1.82) is 0 Å². The van der Waals surface area contributed by atoms with Crippen LogP contribution in [0.25, 0.3) is 6.08 Å². The Hall–Kier alpha value is -2.49. The van der Waals surface area contributed by atoms with E-state index in [0.29, 0.717) is 6.07 Å². The van der Waals surface area contributed by atoms with Crippen LogP contribution in [0.4, 0.5) is 8.78 Å². The maximum atomic E-state index is 13.5. The van der Waals surface area contributed by atoms with Gasteiger partial charge in [0.2, 0.25) is 0 Å². The molecule has 2 aromatic carbocycles. The molecule has 0 unspecified atom stereocenters. The average Bonchev–Trinajstić information content (AvgIpc) is 2.45. The highest BCUT2D eigenvalue weighted by molar-refractivity contribution is 6.06. The van der Waals surface area contributed by atoms with E-state index in [4.69, 9.17) is 4.74 Å². The summed E-state index contributed by atoms with van der Waals surface area (Å²) >= 11 is 0. The third kappa shape index (κ3) is 4.25. The van der Waals surface area contributed by atoms with Crippen molar-refractivity contribution in [1.82, 2.24) is 0 Å². The average molecular weight is 302 g/mol. The van der Waals surface area contributed by atoms with Gasteiger partial charge in [0, 0.05) is 6.07 Å². The highest BCUT2D eigenvalue weighted by Gasteiger charge is 2.09. The Morgan fingerprint density at radius 2 is 1.77 bits per heavy atom. The van der Waals surface area contributed by atoms with Gasteiger partial charge in [0.1, 0.15) is 17.4 Å². The second kappa shape index (κ2) is 6.98. The maximum Gasteiger partial charge on any atom is 0.188 e. The molecule has 0 fully saturated rings. The SMILES string of the molecule is CC(C)Oc1ccc(C=CC(=O)c2ccc(F)cc2F)cc1. The van der Waals surface area contributed by atoms with E-state index in [1.54, 1.807) is 30.3 Å². The Labute approximate surface area is 128 Å². The summed E-state index contributed by atoms with van der Waals surface area (Å²) in [6, 6.07) is 10.1. The predicted octanol–water partition coefficient (Wildman–Crippen LogP) is 4.65. The number of carbonyl (C=O) groups is 1. The van der Waals surface area contributed by atoms with Crippen molar-refractivity contribution in [2.24, 2.45) is 0 Å². The quantitative estimate of drug-likeness (QED) is 0.593. The highest BCUT2D eigenvalue weighted by Crippen LogP contribution is 2.16. The molecule has 114 valence electrons. The Kier molecular flexibility index (Phi) is 5.04. The normalized spacial score (nSPS) is 11.1. The van der Waals surface area contributed by atoms with Crippen LogP contribution in [-0.2, 0) is 0 Å². The monoisotopic (exact) mass is 302 g/mol. The number of allylic oxidation sites excluding steroid dienone is 1. The Bertz CT molecular complexity index is 689. The molecule has 22 heavy (non-hydrogen) atoms. The molecular weight excluding hydrogens is 286 g/mol. The molecule has 0 radical (unpaired) electrons. The van der Waals surface area contributed by atoms with Crippen molar-refractivity contribution in [3.63, 3.8) is 0 Å². The number of carbonyl (C=O) groups excluding carboxylic acids is 1. The van der Waals surface area contributed by atoms with Crippen molar-refractivity contribution in [3.8, 4) is 5.75 Å². The van der Waals surface area contributed by atoms with Gasteiger partial charge in [-0.25, -0.2) is 8.78 Å². The third-order valence-corrected chi connectivity index (χ3v) is 2.88. The fraction of sp³-hybridized carbons (Fsp3) is 0.167. The fourth-order valence-electron chi connectivity index (χ4n) is 1.88. The van der Waals surface area contributed by atoms with Crippen molar-refractivity contribution in [3.05, 3.63) is 71.3 Å². The predicted molar refractivity (Wildman–Crippen MR) is 81.9 cm³/mol. The lowest BCUT2D eigenvalue weighted by molar-refractivity contribution is 0.104. The van der Waals surface area contributed by atoms with Crippen molar-refractivity contribution < 1.29 is 18.3 Å². The van der Waals surface area contributed by atoms with Gasteiger partial charge in [-0.05, 0) is 49.8 Å². The summed E-state index contributed by atoms with van der Waals surface area (Å²) in [6.45, 7) is 3.87. The molecule has 0 aliphatic carbocycles. The number of rotatable bonds is 5. The minimum atomic E-state index is -0.865. The van der Waals surface area contributed by atoms with Crippen LogP contribution in [0.1, 0.15) is 29.8 Å². The van der Waals surface area contributed by atoms with Crippen molar-refractivity contribution in [2.45, 2.75) is 20.0 Å². The number of halogens is 2. The number of hydrogen-bond acceptors (Lipinski definition) is 2. The third-order valence-electron chi connectivity index (χ3n) is 2.88. The highest BCUT2D eigenvalue weighted by atomic mass is 19.1. The fourth-order valence-corrected chi connectivity index (χ4v) is 1.88. The molecule has 0 aliphatic rings. The molecule has 0 aliphatic heterocycles. The van der Waals surface area contributed by atoms with Crippen LogP contribution in [0.3, 0.4) is 0 Å². The molecule has 4 heteroatoms. The molecule has 2 rings (SSSR count). The number of ketones is 1. The standard InChI is InChI=1S/C18H16F2O2/c1-12(2)22-15-7-3-13(4-8-15)5-10-18(21)16-9-6-14(19)11-17(16)20/h3-12H,1-2H3. The van der Waals surface area contributed by atoms with Gasteiger partial charge < -0.3 is 4.74 Å². The topological polar surface area (TPSA) is 26.3 Å². The molecule has 0 N–H and O–H groups in total. The summed E-state index contributed by atoms with van der Waals surface area (Å²) in [5.74, 6) is -1.35. The zero-order valence-electron chi connectivity index (χ0n) is 12.3. The number of hydrogen-bond donors (Lipinski definition) is 0. The zero-order chi connectivity index (χ0) is 16.1. The first-order valence-corrected chi connectivity index (χ1v) is 6.90. The van der Waals surface area contributed by atoms with Gasteiger partial charge in [-0.2, -0.15) is 0 Å². The van der Waals surface area contributed by atoms with Gasteiger partial charge in [-0.15, -0.1) is 0 Å². The van der Waals surface area contributed by atoms with Crippen LogP contribution in [0.15, 0.2) is 48.5 Å². The van der Waals surface area contributed by atoms with Gasteiger partial charge in [0.25, 0.3) is 0 Å². The summed E-state index contributed by atoms with van der Waals surface area (Å²) in [5, 5.41) is 0.